The maximum absolute atomic E-state index is 12.7. The SMILES string of the molecule is COc1cc2c(cc1OC)C(=O)N(C(=O)c1ccccc1)CC2. The van der Waals surface area contributed by atoms with E-state index in [4.69, 9.17) is 9.47 Å². The number of hydrogen-bond acceptors (Lipinski definition) is 4. The molecule has 0 saturated heterocycles. The van der Waals surface area contributed by atoms with Gasteiger partial charge >= 0.3 is 0 Å². The molecule has 1 aliphatic rings. The lowest BCUT2D eigenvalue weighted by Gasteiger charge is -2.27. The van der Waals surface area contributed by atoms with Crippen LogP contribution in [-0.4, -0.2) is 37.5 Å². The van der Waals surface area contributed by atoms with Crippen molar-refractivity contribution in [1.29, 1.82) is 0 Å². The Balaban J connectivity index is 1.96. The Morgan fingerprint density at radius 3 is 2.35 bits per heavy atom. The van der Waals surface area contributed by atoms with Gasteiger partial charge in [-0.3, -0.25) is 14.5 Å². The molecule has 3 rings (SSSR count). The maximum Gasteiger partial charge on any atom is 0.261 e. The van der Waals surface area contributed by atoms with Gasteiger partial charge in [0.25, 0.3) is 11.8 Å². The van der Waals surface area contributed by atoms with Crippen LogP contribution in [0.2, 0.25) is 0 Å². The lowest BCUT2D eigenvalue weighted by Crippen LogP contribution is -2.42. The summed E-state index contributed by atoms with van der Waals surface area (Å²) in [4.78, 5) is 26.5. The van der Waals surface area contributed by atoms with Crippen molar-refractivity contribution in [2.45, 2.75) is 6.42 Å². The molecule has 0 unspecified atom stereocenters. The number of benzene rings is 2. The average molecular weight is 311 g/mol. The van der Waals surface area contributed by atoms with Gasteiger partial charge in [0, 0.05) is 17.7 Å². The van der Waals surface area contributed by atoms with Gasteiger partial charge in [-0.05, 0) is 36.2 Å². The molecule has 1 heterocycles. The summed E-state index contributed by atoms with van der Waals surface area (Å²) in [5.74, 6) is 0.479. The molecule has 0 fully saturated rings. The number of ether oxygens (including phenoxy) is 2. The van der Waals surface area contributed by atoms with Crippen molar-refractivity contribution in [3.05, 3.63) is 59.2 Å². The zero-order valence-corrected chi connectivity index (χ0v) is 13.0. The van der Waals surface area contributed by atoms with E-state index in [1.807, 2.05) is 6.07 Å². The molecule has 118 valence electrons. The highest BCUT2D eigenvalue weighted by Crippen LogP contribution is 2.33. The Kier molecular flexibility index (Phi) is 4.02. The van der Waals surface area contributed by atoms with E-state index in [9.17, 15) is 9.59 Å². The molecule has 0 atom stereocenters. The number of hydrogen-bond donors (Lipinski definition) is 0. The largest absolute Gasteiger partial charge is 0.493 e. The first-order chi connectivity index (χ1) is 11.2. The van der Waals surface area contributed by atoms with Crippen molar-refractivity contribution in [2.24, 2.45) is 0 Å². The van der Waals surface area contributed by atoms with Gasteiger partial charge in [0.1, 0.15) is 0 Å². The highest BCUT2D eigenvalue weighted by atomic mass is 16.5. The van der Waals surface area contributed by atoms with Crippen molar-refractivity contribution >= 4 is 11.8 Å². The highest BCUT2D eigenvalue weighted by Gasteiger charge is 2.31. The zero-order chi connectivity index (χ0) is 16.4. The molecule has 2 amide bonds. The van der Waals surface area contributed by atoms with Crippen LogP contribution in [0.15, 0.2) is 42.5 Å². The third-order valence-electron chi connectivity index (χ3n) is 3.96. The van der Waals surface area contributed by atoms with E-state index in [0.29, 0.717) is 35.6 Å². The first-order valence-corrected chi connectivity index (χ1v) is 7.32. The van der Waals surface area contributed by atoms with Crippen LogP contribution in [0, 0.1) is 0 Å². The molecule has 0 spiro atoms. The van der Waals surface area contributed by atoms with Crippen LogP contribution >= 0.6 is 0 Å². The quantitative estimate of drug-likeness (QED) is 0.818. The number of rotatable bonds is 3. The van der Waals surface area contributed by atoms with Crippen molar-refractivity contribution in [3.63, 3.8) is 0 Å². The van der Waals surface area contributed by atoms with Crippen LogP contribution in [0.3, 0.4) is 0 Å². The van der Waals surface area contributed by atoms with E-state index >= 15 is 0 Å². The summed E-state index contributed by atoms with van der Waals surface area (Å²) in [5, 5.41) is 0. The molecule has 0 aromatic heterocycles. The second kappa shape index (κ2) is 6.12. The molecule has 5 heteroatoms. The van der Waals surface area contributed by atoms with Crippen LogP contribution in [-0.2, 0) is 6.42 Å². The summed E-state index contributed by atoms with van der Waals surface area (Å²) in [6, 6.07) is 12.3. The minimum absolute atomic E-state index is 0.281. The summed E-state index contributed by atoms with van der Waals surface area (Å²) in [6.45, 7) is 0.356. The average Bonchev–Trinajstić information content (AvgIpc) is 2.61. The van der Waals surface area contributed by atoms with Gasteiger partial charge in [-0.2, -0.15) is 0 Å². The normalized spacial score (nSPS) is 13.5. The molecular weight excluding hydrogens is 294 g/mol. The fourth-order valence-electron chi connectivity index (χ4n) is 2.74. The van der Waals surface area contributed by atoms with Gasteiger partial charge in [-0.15, -0.1) is 0 Å². The Morgan fingerprint density at radius 2 is 1.70 bits per heavy atom. The van der Waals surface area contributed by atoms with Gasteiger partial charge in [0.2, 0.25) is 0 Å². The molecule has 0 saturated carbocycles. The van der Waals surface area contributed by atoms with E-state index in [1.54, 1.807) is 43.5 Å². The van der Waals surface area contributed by atoms with Gasteiger partial charge in [0.15, 0.2) is 11.5 Å². The summed E-state index contributed by atoms with van der Waals surface area (Å²) >= 11 is 0. The molecule has 2 aromatic carbocycles. The molecular formula is C18H17NO4. The Bertz CT molecular complexity index is 755. The van der Waals surface area contributed by atoms with Crippen LogP contribution in [0.4, 0.5) is 0 Å². The summed E-state index contributed by atoms with van der Waals surface area (Å²) in [5.41, 5.74) is 1.85. The van der Waals surface area contributed by atoms with E-state index in [2.05, 4.69) is 0 Å². The molecule has 0 aliphatic carbocycles. The minimum atomic E-state index is -0.305. The molecule has 0 bridgehead atoms. The number of fused-ring (bicyclic) bond motifs is 1. The number of imide groups is 1. The first kappa shape index (κ1) is 15.1. The fourth-order valence-corrected chi connectivity index (χ4v) is 2.74. The Morgan fingerprint density at radius 1 is 1.04 bits per heavy atom. The smallest absolute Gasteiger partial charge is 0.261 e. The number of methoxy groups -OCH3 is 2. The Hall–Kier alpha value is -2.82. The monoisotopic (exact) mass is 311 g/mol. The second-order valence-electron chi connectivity index (χ2n) is 5.24. The van der Waals surface area contributed by atoms with Crippen LogP contribution in [0.1, 0.15) is 26.3 Å². The third kappa shape index (κ3) is 2.65. The van der Waals surface area contributed by atoms with Gasteiger partial charge < -0.3 is 9.47 Å². The van der Waals surface area contributed by atoms with Gasteiger partial charge in [0.05, 0.1) is 14.2 Å². The minimum Gasteiger partial charge on any atom is -0.493 e. The van der Waals surface area contributed by atoms with Crippen molar-refractivity contribution < 1.29 is 19.1 Å². The predicted molar refractivity (Wildman–Crippen MR) is 85.1 cm³/mol. The van der Waals surface area contributed by atoms with E-state index in [0.717, 1.165) is 5.56 Å². The summed E-state index contributed by atoms with van der Waals surface area (Å²) in [7, 11) is 3.07. The zero-order valence-electron chi connectivity index (χ0n) is 13.0. The Labute approximate surface area is 134 Å². The molecule has 2 aromatic rings. The molecule has 5 nitrogen and oxygen atoms in total. The first-order valence-electron chi connectivity index (χ1n) is 7.32. The summed E-state index contributed by atoms with van der Waals surface area (Å²) in [6.07, 6.45) is 0.597. The molecule has 0 radical (unpaired) electrons. The van der Waals surface area contributed by atoms with E-state index < -0.39 is 0 Å². The molecule has 23 heavy (non-hydrogen) atoms. The van der Waals surface area contributed by atoms with Crippen molar-refractivity contribution in [2.75, 3.05) is 20.8 Å². The van der Waals surface area contributed by atoms with Crippen molar-refractivity contribution in [1.82, 2.24) is 4.90 Å². The van der Waals surface area contributed by atoms with Gasteiger partial charge in [-0.25, -0.2) is 0 Å². The number of carbonyl (C=O) groups excluding carboxylic acids is 2. The number of amides is 2. The highest BCUT2D eigenvalue weighted by molar-refractivity contribution is 6.11. The topological polar surface area (TPSA) is 55.8 Å². The second-order valence-corrected chi connectivity index (χ2v) is 5.24. The standard InChI is InChI=1S/C18H17NO4/c1-22-15-10-13-8-9-19(17(20)12-6-4-3-5-7-12)18(21)14(13)11-16(15)23-2/h3-7,10-11H,8-9H2,1-2H3. The van der Waals surface area contributed by atoms with Crippen LogP contribution < -0.4 is 9.47 Å². The molecule has 0 N–H and O–H groups in total. The van der Waals surface area contributed by atoms with Crippen LogP contribution in [0.5, 0.6) is 11.5 Å². The molecule has 1 aliphatic heterocycles. The summed E-state index contributed by atoms with van der Waals surface area (Å²) < 4.78 is 10.5. The lowest BCUT2D eigenvalue weighted by molar-refractivity contribution is 0.0604. The number of carbonyl (C=O) groups is 2. The van der Waals surface area contributed by atoms with E-state index in [-0.39, 0.29) is 11.8 Å². The van der Waals surface area contributed by atoms with Crippen molar-refractivity contribution in [3.8, 4) is 11.5 Å². The van der Waals surface area contributed by atoms with Gasteiger partial charge in [-0.1, -0.05) is 18.2 Å². The third-order valence-corrected chi connectivity index (χ3v) is 3.96. The fraction of sp³-hybridized carbons (Fsp3) is 0.222. The van der Waals surface area contributed by atoms with E-state index in [1.165, 1.54) is 12.0 Å². The lowest BCUT2D eigenvalue weighted by atomic mass is 9.97. The number of nitrogens with zero attached hydrogens (tertiary/aromatic N) is 1. The maximum atomic E-state index is 12.7. The predicted octanol–water partition coefficient (Wildman–Crippen LogP) is 2.54. The van der Waals surface area contributed by atoms with Crippen LogP contribution in [0.25, 0.3) is 0 Å².